The van der Waals surface area contributed by atoms with Crippen molar-refractivity contribution in [1.82, 2.24) is 10.6 Å². The predicted molar refractivity (Wildman–Crippen MR) is 67.6 cm³/mol. The van der Waals surface area contributed by atoms with Gasteiger partial charge < -0.3 is 14.5 Å². The quantitative estimate of drug-likeness (QED) is 0.745. The summed E-state index contributed by atoms with van der Waals surface area (Å²) in [7, 11) is 1.60. The van der Waals surface area contributed by atoms with E-state index >= 15 is 0 Å². The monoisotopic (exact) mass is 304 g/mol. The summed E-state index contributed by atoms with van der Waals surface area (Å²) in [5.74, 6) is 0.728. The fraction of sp³-hybridized carbons (Fsp3) is 0.545. The van der Waals surface area contributed by atoms with E-state index in [4.69, 9.17) is 9.15 Å². The van der Waals surface area contributed by atoms with Crippen molar-refractivity contribution in [2.24, 2.45) is 0 Å². The minimum Gasteiger partial charge on any atom is -0.467 e. The number of amides is 1. The molecular weight excluding hydrogens is 288 g/mol. The van der Waals surface area contributed by atoms with Crippen LogP contribution in [0.25, 0.3) is 0 Å². The SMILES string of the molecule is COCCNC(=O)C(C)NCc1occc1Br. The van der Waals surface area contributed by atoms with E-state index in [0.717, 1.165) is 10.2 Å². The highest BCUT2D eigenvalue weighted by molar-refractivity contribution is 9.10. The van der Waals surface area contributed by atoms with Crippen LogP contribution in [-0.4, -0.2) is 32.2 Å². The Morgan fingerprint density at radius 3 is 3.00 bits per heavy atom. The Morgan fingerprint density at radius 2 is 2.41 bits per heavy atom. The number of rotatable bonds is 7. The van der Waals surface area contributed by atoms with E-state index in [9.17, 15) is 4.79 Å². The summed E-state index contributed by atoms with van der Waals surface area (Å²) in [5, 5.41) is 5.84. The van der Waals surface area contributed by atoms with Crippen LogP contribution >= 0.6 is 15.9 Å². The highest BCUT2D eigenvalue weighted by Gasteiger charge is 2.12. The van der Waals surface area contributed by atoms with Crippen molar-refractivity contribution in [3.63, 3.8) is 0 Å². The maximum Gasteiger partial charge on any atom is 0.236 e. The summed E-state index contributed by atoms with van der Waals surface area (Å²) in [6.07, 6.45) is 1.60. The second-order valence-electron chi connectivity index (χ2n) is 3.58. The molecule has 0 aromatic carbocycles. The zero-order valence-corrected chi connectivity index (χ0v) is 11.5. The van der Waals surface area contributed by atoms with E-state index in [-0.39, 0.29) is 11.9 Å². The van der Waals surface area contributed by atoms with Gasteiger partial charge in [-0.3, -0.25) is 10.1 Å². The van der Waals surface area contributed by atoms with Gasteiger partial charge in [-0.2, -0.15) is 0 Å². The minimum absolute atomic E-state index is 0.0512. The molecule has 0 saturated heterocycles. The smallest absolute Gasteiger partial charge is 0.236 e. The molecule has 1 aromatic heterocycles. The third-order valence-corrected chi connectivity index (χ3v) is 2.97. The number of hydrogen-bond acceptors (Lipinski definition) is 4. The Labute approximate surface area is 109 Å². The van der Waals surface area contributed by atoms with Crippen LogP contribution in [0.5, 0.6) is 0 Å². The molecule has 0 fully saturated rings. The van der Waals surface area contributed by atoms with Gasteiger partial charge in [0, 0.05) is 13.7 Å². The predicted octanol–water partition coefficient (Wildman–Crippen LogP) is 1.28. The first-order chi connectivity index (χ1) is 8.15. The van der Waals surface area contributed by atoms with Crippen molar-refractivity contribution in [2.45, 2.75) is 19.5 Å². The third-order valence-electron chi connectivity index (χ3n) is 2.26. The molecule has 0 aliphatic heterocycles. The molecule has 1 atom stereocenters. The summed E-state index contributed by atoms with van der Waals surface area (Å²) < 4.78 is 11.0. The van der Waals surface area contributed by atoms with Crippen molar-refractivity contribution >= 4 is 21.8 Å². The fourth-order valence-electron chi connectivity index (χ4n) is 1.22. The Morgan fingerprint density at radius 1 is 1.65 bits per heavy atom. The average molecular weight is 305 g/mol. The van der Waals surface area contributed by atoms with Gasteiger partial charge >= 0.3 is 0 Å². The van der Waals surface area contributed by atoms with E-state index < -0.39 is 0 Å². The molecule has 1 amide bonds. The molecule has 0 bridgehead atoms. The lowest BCUT2D eigenvalue weighted by molar-refractivity contribution is -0.123. The molecule has 5 nitrogen and oxygen atoms in total. The lowest BCUT2D eigenvalue weighted by Crippen LogP contribution is -2.42. The number of halogens is 1. The summed E-state index contributed by atoms with van der Waals surface area (Å²) in [6.45, 7) is 3.35. The second kappa shape index (κ2) is 7.47. The van der Waals surface area contributed by atoms with Gasteiger partial charge in [0.2, 0.25) is 5.91 Å². The number of nitrogens with one attached hydrogen (secondary N) is 2. The second-order valence-corrected chi connectivity index (χ2v) is 4.43. The molecule has 1 unspecified atom stereocenters. The molecule has 0 saturated carbocycles. The highest BCUT2D eigenvalue weighted by Crippen LogP contribution is 2.16. The van der Waals surface area contributed by atoms with Crippen molar-refractivity contribution in [3.05, 3.63) is 22.6 Å². The molecule has 0 radical (unpaired) electrons. The maximum absolute atomic E-state index is 11.6. The van der Waals surface area contributed by atoms with E-state index in [2.05, 4.69) is 26.6 Å². The molecule has 1 heterocycles. The first kappa shape index (κ1) is 14.2. The Bertz CT molecular complexity index is 354. The fourth-order valence-corrected chi connectivity index (χ4v) is 1.56. The van der Waals surface area contributed by atoms with Gasteiger partial charge in [-0.05, 0) is 28.9 Å². The number of hydrogen-bond donors (Lipinski definition) is 2. The Hall–Kier alpha value is -0.850. The number of ether oxygens (including phenoxy) is 1. The van der Waals surface area contributed by atoms with Crippen LogP contribution in [0.1, 0.15) is 12.7 Å². The molecule has 6 heteroatoms. The molecule has 1 aromatic rings. The van der Waals surface area contributed by atoms with Gasteiger partial charge in [0.05, 0.1) is 29.9 Å². The van der Waals surface area contributed by atoms with Gasteiger partial charge in [0.25, 0.3) is 0 Å². The number of methoxy groups -OCH3 is 1. The van der Waals surface area contributed by atoms with E-state index in [0.29, 0.717) is 19.7 Å². The van der Waals surface area contributed by atoms with Crippen molar-refractivity contribution < 1.29 is 13.9 Å². The molecule has 0 spiro atoms. The average Bonchev–Trinajstić information content (AvgIpc) is 2.72. The Kier molecular flexibility index (Phi) is 6.25. The molecule has 1 rings (SSSR count). The number of carbonyl (C=O) groups is 1. The first-order valence-electron chi connectivity index (χ1n) is 5.37. The van der Waals surface area contributed by atoms with Crippen LogP contribution in [0.3, 0.4) is 0 Å². The van der Waals surface area contributed by atoms with Crippen LogP contribution in [0.2, 0.25) is 0 Å². The molecule has 2 N–H and O–H groups in total. The van der Waals surface area contributed by atoms with Crippen molar-refractivity contribution in [3.8, 4) is 0 Å². The number of furan rings is 1. The molecular formula is C11H17BrN2O3. The summed E-state index contributed by atoms with van der Waals surface area (Å²) in [5.41, 5.74) is 0. The van der Waals surface area contributed by atoms with Crippen LogP contribution in [0, 0.1) is 0 Å². The zero-order chi connectivity index (χ0) is 12.7. The van der Waals surface area contributed by atoms with Crippen LogP contribution in [0.15, 0.2) is 21.2 Å². The van der Waals surface area contributed by atoms with E-state index in [1.165, 1.54) is 0 Å². The lowest BCUT2D eigenvalue weighted by atomic mass is 10.3. The first-order valence-corrected chi connectivity index (χ1v) is 6.16. The van der Waals surface area contributed by atoms with Crippen LogP contribution in [0.4, 0.5) is 0 Å². The zero-order valence-electron chi connectivity index (χ0n) is 9.96. The summed E-state index contributed by atoms with van der Waals surface area (Å²) >= 11 is 3.35. The van der Waals surface area contributed by atoms with E-state index in [1.54, 1.807) is 20.3 Å². The van der Waals surface area contributed by atoms with Crippen LogP contribution in [-0.2, 0) is 16.1 Å². The molecule has 17 heavy (non-hydrogen) atoms. The molecule has 0 aliphatic rings. The summed E-state index contributed by atoms with van der Waals surface area (Å²) in [4.78, 5) is 11.6. The summed E-state index contributed by atoms with van der Waals surface area (Å²) in [6, 6.07) is 1.55. The highest BCUT2D eigenvalue weighted by atomic mass is 79.9. The van der Waals surface area contributed by atoms with Gasteiger partial charge in [-0.15, -0.1) is 0 Å². The molecule has 96 valence electrons. The number of carbonyl (C=O) groups excluding carboxylic acids is 1. The van der Waals surface area contributed by atoms with Gasteiger partial charge in [0.1, 0.15) is 5.76 Å². The molecule has 0 aliphatic carbocycles. The van der Waals surface area contributed by atoms with Crippen molar-refractivity contribution in [1.29, 1.82) is 0 Å². The standard InChI is InChI=1S/C11H17BrN2O3/c1-8(11(15)13-4-6-16-2)14-7-10-9(12)3-5-17-10/h3,5,8,14H,4,6-7H2,1-2H3,(H,13,15). The topological polar surface area (TPSA) is 63.5 Å². The minimum atomic E-state index is -0.274. The largest absolute Gasteiger partial charge is 0.467 e. The van der Waals surface area contributed by atoms with Gasteiger partial charge in [-0.25, -0.2) is 0 Å². The van der Waals surface area contributed by atoms with Gasteiger partial charge in [-0.1, -0.05) is 0 Å². The lowest BCUT2D eigenvalue weighted by Gasteiger charge is -2.13. The Balaban J connectivity index is 2.27. The van der Waals surface area contributed by atoms with E-state index in [1.807, 2.05) is 6.07 Å². The maximum atomic E-state index is 11.6. The van der Waals surface area contributed by atoms with Gasteiger partial charge in [0.15, 0.2) is 0 Å². The van der Waals surface area contributed by atoms with Crippen molar-refractivity contribution in [2.75, 3.05) is 20.3 Å². The van der Waals surface area contributed by atoms with Crippen LogP contribution < -0.4 is 10.6 Å². The normalized spacial score (nSPS) is 12.4. The third kappa shape index (κ3) is 4.89.